The molecule has 3 rings (SSSR count). The van der Waals surface area contributed by atoms with Crippen LogP contribution in [0.2, 0.25) is 0 Å². The van der Waals surface area contributed by atoms with Crippen LogP contribution in [0.4, 0.5) is 5.13 Å². The molecule has 0 saturated carbocycles. The Balaban J connectivity index is 1.65. The lowest BCUT2D eigenvalue weighted by molar-refractivity contribution is 0.102. The van der Waals surface area contributed by atoms with Crippen molar-refractivity contribution >= 4 is 32.4 Å². The lowest BCUT2D eigenvalue weighted by Gasteiger charge is -2.09. The summed E-state index contributed by atoms with van der Waals surface area (Å²) in [6.07, 6.45) is 1.65. The van der Waals surface area contributed by atoms with Crippen LogP contribution in [-0.4, -0.2) is 43.8 Å². The zero-order valence-electron chi connectivity index (χ0n) is 13.6. The third-order valence-corrected chi connectivity index (χ3v) is 6.40. The van der Waals surface area contributed by atoms with Crippen LogP contribution in [0.1, 0.15) is 28.8 Å². The number of sulfonamides is 1. The van der Waals surface area contributed by atoms with Crippen molar-refractivity contribution in [2.24, 2.45) is 0 Å². The van der Waals surface area contributed by atoms with E-state index in [9.17, 15) is 13.2 Å². The number of hydrogen-bond donors (Lipinski definition) is 2. The lowest BCUT2D eigenvalue weighted by atomic mass is 10.1. The highest BCUT2D eigenvalue weighted by atomic mass is 32.2. The number of rotatable bonds is 6. The average molecular weight is 382 g/mol. The summed E-state index contributed by atoms with van der Waals surface area (Å²) in [5, 5.41) is 10.1. The Labute approximate surface area is 149 Å². The van der Waals surface area contributed by atoms with Crippen molar-refractivity contribution in [1.82, 2.24) is 14.9 Å². The maximum atomic E-state index is 12.2. The molecule has 1 amide bonds. The number of nitrogens with zero attached hydrogens (tertiary/aromatic N) is 2. The van der Waals surface area contributed by atoms with E-state index in [4.69, 9.17) is 4.74 Å². The van der Waals surface area contributed by atoms with Crippen molar-refractivity contribution in [2.75, 3.05) is 18.5 Å². The monoisotopic (exact) mass is 382 g/mol. The molecule has 0 radical (unpaired) electrons. The highest BCUT2D eigenvalue weighted by Crippen LogP contribution is 2.21. The van der Waals surface area contributed by atoms with Crippen LogP contribution in [0.3, 0.4) is 0 Å². The zero-order chi connectivity index (χ0) is 17.9. The van der Waals surface area contributed by atoms with Gasteiger partial charge in [0.25, 0.3) is 15.9 Å². The Hall–Kier alpha value is -1.88. The van der Waals surface area contributed by atoms with Gasteiger partial charge < -0.3 is 4.74 Å². The van der Waals surface area contributed by atoms with Crippen LogP contribution in [0.25, 0.3) is 0 Å². The van der Waals surface area contributed by atoms with E-state index in [0.717, 1.165) is 29.7 Å². The Morgan fingerprint density at radius 2 is 2.16 bits per heavy atom. The molecule has 10 heteroatoms. The second-order valence-corrected chi connectivity index (χ2v) is 8.55. The van der Waals surface area contributed by atoms with E-state index in [1.54, 1.807) is 12.1 Å². The molecule has 134 valence electrons. The topological polar surface area (TPSA) is 110 Å². The van der Waals surface area contributed by atoms with Crippen LogP contribution in [0.5, 0.6) is 0 Å². The van der Waals surface area contributed by atoms with Gasteiger partial charge in [-0.2, -0.15) is 0 Å². The number of amides is 1. The summed E-state index contributed by atoms with van der Waals surface area (Å²) in [5.41, 5.74) is 1.31. The van der Waals surface area contributed by atoms with Gasteiger partial charge in [0, 0.05) is 18.7 Å². The van der Waals surface area contributed by atoms with E-state index in [1.165, 1.54) is 0 Å². The fourth-order valence-corrected chi connectivity index (χ4v) is 4.43. The number of ether oxygens (including phenoxy) is 1. The van der Waals surface area contributed by atoms with E-state index < -0.39 is 10.0 Å². The molecule has 1 saturated heterocycles. The van der Waals surface area contributed by atoms with Gasteiger partial charge in [-0.25, -0.2) is 13.1 Å². The number of nitrogens with one attached hydrogen (secondary N) is 2. The average Bonchev–Trinajstić information content (AvgIpc) is 3.25. The number of carbonyl (C=O) groups is 1. The third kappa shape index (κ3) is 4.40. The molecule has 0 spiro atoms. The van der Waals surface area contributed by atoms with Crippen molar-refractivity contribution in [3.05, 3.63) is 35.4 Å². The van der Waals surface area contributed by atoms with E-state index >= 15 is 0 Å². The maximum Gasteiger partial charge on any atom is 0.269 e. The predicted octanol–water partition coefficient (Wildman–Crippen LogP) is 1.56. The first kappa shape index (κ1) is 17.9. The molecule has 1 aliphatic rings. The Kier molecular flexibility index (Phi) is 5.42. The van der Waals surface area contributed by atoms with Crippen molar-refractivity contribution in [2.45, 2.75) is 30.2 Å². The Bertz CT molecular complexity index is 860. The molecule has 1 atom stereocenters. The third-order valence-electron chi connectivity index (χ3n) is 3.77. The van der Waals surface area contributed by atoms with Crippen LogP contribution in [0, 0.1) is 6.92 Å². The molecule has 1 aliphatic heterocycles. The molecule has 1 aromatic carbocycles. The Morgan fingerprint density at radius 1 is 1.36 bits per heavy atom. The summed E-state index contributed by atoms with van der Waals surface area (Å²) in [6, 6.07) is 7.10. The van der Waals surface area contributed by atoms with Gasteiger partial charge in [0.15, 0.2) is 0 Å². The summed E-state index contributed by atoms with van der Waals surface area (Å²) in [5.74, 6) is -0.356. The van der Waals surface area contributed by atoms with E-state index in [-0.39, 0.29) is 28.0 Å². The van der Waals surface area contributed by atoms with Gasteiger partial charge in [0.1, 0.15) is 0 Å². The molecule has 0 unspecified atom stereocenters. The predicted molar refractivity (Wildman–Crippen MR) is 93.2 cm³/mol. The van der Waals surface area contributed by atoms with Crippen molar-refractivity contribution < 1.29 is 17.9 Å². The number of anilines is 1. The highest BCUT2D eigenvalue weighted by molar-refractivity contribution is 7.91. The largest absolute Gasteiger partial charge is 0.377 e. The van der Waals surface area contributed by atoms with Gasteiger partial charge in [0.2, 0.25) is 9.47 Å². The first-order valence-electron chi connectivity index (χ1n) is 7.77. The zero-order valence-corrected chi connectivity index (χ0v) is 15.2. The molecular weight excluding hydrogens is 364 g/mol. The van der Waals surface area contributed by atoms with Crippen molar-refractivity contribution in [3.63, 3.8) is 0 Å². The van der Waals surface area contributed by atoms with Crippen LogP contribution >= 0.6 is 11.3 Å². The number of aryl methyl sites for hydroxylation is 1. The van der Waals surface area contributed by atoms with Gasteiger partial charge in [0.05, 0.1) is 6.10 Å². The maximum absolute atomic E-state index is 12.2. The summed E-state index contributed by atoms with van der Waals surface area (Å²) in [6.45, 7) is 2.67. The lowest BCUT2D eigenvalue weighted by Crippen LogP contribution is -2.31. The van der Waals surface area contributed by atoms with Crippen LogP contribution in [-0.2, 0) is 14.8 Å². The minimum atomic E-state index is -3.77. The molecular formula is C15H18N4O4S2. The molecule has 0 aliphatic carbocycles. The van der Waals surface area contributed by atoms with E-state index in [2.05, 4.69) is 20.2 Å². The molecule has 1 fully saturated rings. The van der Waals surface area contributed by atoms with Gasteiger partial charge >= 0.3 is 0 Å². The molecule has 25 heavy (non-hydrogen) atoms. The fourth-order valence-electron chi connectivity index (χ4n) is 2.43. The normalized spacial score (nSPS) is 17.6. The van der Waals surface area contributed by atoms with Crippen molar-refractivity contribution in [1.29, 1.82) is 0 Å². The molecule has 2 heterocycles. The molecule has 2 aromatic rings. The van der Waals surface area contributed by atoms with Crippen LogP contribution in [0.15, 0.2) is 28.6 Å². The first-order chi connectivity index (χ1) is 12.0. The SMILES string of the molecule is Cc1ccccc1C(=O)Nc1nnc(S(=O)(=O)NC[C@@H]2CCCO2)s1. The summed E-state index contributed by atoms with van der Waals surface area (Å²) in [7, 11) is -3.77. The first-order valence-corrected chi connectivity index (χ1v) is 10.1. The summed E-state index contributed by atoms with van der Waals surface area (Å²) in [4.78, 5) is 12.2. The minimum absolute atomic E-state index is 0.108. The second-order valence-electron chi connectivity index (χ2n) is 5.63. The van der Waals surface area contributed by atoms with Gasteiger partial charge in [-0.15, -0.1) is 10.2 Å². The number of aromatic nitrogens is 2. The fraction of sp³-hybridized carbons (Fsp3) is 0.400. The molecule has 8 nitrogen and oxygen atoms in total. The quantitative estimate of drug-likeness (QED) is 0.734. The minimum Gasteiger partial charge on any atom is -0.377 e. The summed E-state index contributed by atoms with van der Waals surface area (Å²) < 4.78 is 32.1. The molecule has 0 bridgehead atoms. The van der Waals surface area contributed by atoms with Gasteiger partial charge in [-0.05, 0) is 31.4 Å². The molecule has 2 N–H and O–H groups in total. The summed E-state index contributed by atoms with van der Waals surface area (Å²) >= 11 is 0.806. The van der Waals surface area contributed by atoms with E-state index in [0.29, 0.717) is 12.2 Å². The van der Waals surface area contributed by atoms with Gasteiger partial charge in [-0.1, -0.05) is 29.5 Å². The number of benzene rings is 1. The van der Waals surface area contributed by atoms with E-state index in [1.807, 2.05) is 19.1 Å². The highest BCUT2D eigenvalue weighted by Gasteiger charge is 2.24. The second kappa shape index (κ2) is 7.56. The number of hydrogen-bond acceptors (Lipinski definition) is 7. The smallest absolute Gasteiger partial charge is 0.269 e. The van der Waals surface area contributed by atoms with Gasteiger partial charge in [-0.3, -0.25) is 10.1 Å². The molecule has 1 aromatic heterocycles. The van der Waals surface area contributed by atoms with Crippen molar-refractivity contribution in [3.8, 4) is 0 Å². The number of carbonyl (C=O) groups excluding carboxylic acids is 1. The Morgan fingerprint density at radius 3 is 2.88 bits per heavy atom. The standard InChI is InChI=1S/C15H18N4O4S2/c1-10-5-2-3-7-12(10)13(20)17-14-18-19-15(24-14)25(21,22)16-9-11-6-4-8-23-11/h2-3,5,7,11,16H,4,6,8-9H2,1H3,(H,17,18,20)/t11-/m0/s1. The van der Waals surface area contributed by atoms with Crippen LogP contribution < -0.4 is 10.0 Å².